The first-order valence-electron chi connectivity index (χ1n) is 20.4. The summed E-state index contributed by atoms with van der Waals surface area (Å²) in [7, 11) is 0. The number of carbonyl (C=O) groups is 3. The van der Waals surface area contributed by atoms with E-state index in [1.807, 2.05) is 12.2 Å². The Morgan fingerprint density at radius 2 is 0.939 bits per heavy atom. The van der Waals surface area contributed by atoms with E-state index in [2.05, 4.69) is 39.8 Å². The molecule has 0 aromatic rings. The molecule has 0 N–H and O–H groups in total. The van der Waals surface area contributed by atoms with Crippen molar-refractivity contribution in [3.05, 3.63) is 24.3 Å². The smallest absolute Gasteiger partial charge is 0.306 e. The fourth-order valence-electron chi connectivity index (χ4n) is 5.54. The maximum Gasteiger partial charge on any atom is 0.306 e. The Hall–Kier alpha value is -1.76. The van der Waals surface area contributed by atoms with Gasteiger partial charge in [-0.25, -0.2) is 0 Å². The van der Waals surface area contributed by atoms with Gasteiger partial charge in [-0.05, 0) is 50.9 Å². The first-order chi connectivity index (χ1) is 23.9. The molecule has 0 fully saturated rings. The van der Waals surface area contributed by atoms with Crippen molar-refractivity contribution in [1.29, 1.82) is 0 Å². The van der Waals surface area contributed by atoms with Gasteiger partial charge in [-0.15, -0.1) is 0 Å². The molecule has 0 aliphatic rings. The molecule has 0 bridgehead atoms. The average Bonchev–Trinajstić information content (AvgIpc) is 3.08. The second-order valence-electron chi connectivity index (χ2n) is 14.0. The molecule has 49 heavy (non-hydrogen) atoms. The first kappa shape index (κ1) is 47.2. The average molecular weight is 708 g/mol. The lowest BCUT2D eigenvalue weighted by Crippen LogP contribution is -2.31. The molecule has 0 atom stereocenters. The predicted octanol–water partition coefficient (Wildman–Crippen LogP) is 12.8. The number of hydrogen-bond donors (Lipinski definition) is 0. The summed E-state index contributed by atoms with van der Waals surface area (Å²) in [4.78, 5) is 39.3. The van der Waals surface area contributed by atoms with Crippen LogP contribution in [0.4, 0.5) is 4.79 Å². The number of carbonyl (C=O) groups excluding carboxylic acids is 3. The molecule has 0 radical (unpaired) electrons. The molecule has 7 heteroatoms. The molecule has 0 saturated carbocycles. The third-order valence-electron chi connectivity index (χ3n) is 8.76. The number of thioether (sulfide) groups is 1. The van der Waals surface area contributed by atoms with Crippen LogP contribution < -0.4 is 0 Å². The third-order valence-corrected chi connectivity index (χ3v) is 9.70. The van der Waals surface area contributed by atoms with Crippen molar-refractivity contribution in [2.24, 2.45) is 5.92 Å². The van der Waals surface area contributed by atoms with Gasteiger partial charge in [0.15, 0.2) is 0 Å². The minimum atomic E-state index is -0.234. The minimum absolute atomic E-state index is 0.0150. The van der Waals surface area contributed by atoms with Crippen LogP contribution in [0.15, 0.2) is 24.3 Å². The van der Waals surface area contributed by atoms with Gasteiger partial charge >= 0.3 is 11.9 Å². The Balaban J connectivity index is 4.16. The van der Waals surface area contributed by atoms with Crippen LogP contribution in [0.3, 0.4) is 0 Å². The summed E-state index contributed by atoms with van der Waals surface area (Å²) in [5.41, 5.74) is 0. The lowest BCUT2D eigenvalue weighted by Gasteiger charge is -2.22. The number of amides is 1. The van der Waals surface area contributed by atoms with Gasteiger partial charge in [-0.3, -0.25) is 14.4 Å². The van der Waals surface area contributed by atoms with Crippen molar-refractivity contribution in [2.75, 3.05) is 32.1 Å². The first-order valence-corrected chi connectivity index (χ1v) is 21.4. The van der Waals surface area contributed by atoms with Crippen molar-refractivity contribution in [3.63, 3.8) is 0 Å². The summed E-state index contributed by atoms with van der Waals surface area (Å²) >= 11 is 1.33. The van der Waals surface area contributed by atoms with Crippen LogP contribution >= 0.6 is 11.8 Å². The highest BCUT2D eigenvalue weighted by atomic mass is 32.2. The molecule has 0 heterocycles. The van der Waals surface area contributed by atoms with Gasteiger partial charge in [0.25, 0.3) is 5.24 Å². The zero-order valence-electron chi connectivity index (χ0n) is 32.5. The molecular formula is C42H77NO5S. The predicted molar refractivity (Wildman–Crippen MR) is 211 cm³/mol. The van der Waals surface area contributed by atoms with Gasteiger partial charge in [0.2, 0.25) is 0 Å². The van der Waals surface area contributed by atoms with Gasteiger partial charge in [0, 0.05) is 31.7 Å². The summed E-state index contributed by atoms with van der Waals surface area (Å²) in [6.45, 7) is 10.4. The van der Waals surface area contributed by atoms with Gasteiger partial charge in [0.1, 0.15) is 13.2 Å². The number of unbranched alkanes of at least 4 members (excludes halogenated alkanes) is 18. The van der Waals surface area contributed by atoms with Crippen molar-refractivity contribution in [1.82, 2.24) is 4.90 Å². The largest absolute Gasteiger partial charge is 0.461 e. The molecule has 0 aliphatic carbocycles. The van der Waals surface area contributed by atoms with Crippen LogP contribution in [0.1, 0.15) is 188 Å². The standard InChI is InChI=1S/C42H77NO5S/c1-5-7-9-11-13-15-17-19-21-23-25-27-36-47-40(44)31-29-34-43(42(46)49-38-33-39(3)4)35-30-32-41(45)48-37-28-26-24-22-20-18-16-14-12-10-8-6-2/h25-28,39H,5-24,29-38H2,1-4H3/b27-25-,28-26-. The molecule has 0 spiro atoms. The molecule has 0 saturated heterocycles. The highest BCUT2D eigenvalue weighted by Gasteiger charge is 2.16. The van der Waals surface area contributed by atoms with E-state index in [9.17, 15) is 14.4 Å². The van der Waals surface area contributed by atoms with Crippen LogP contribution in [0, 0.1) is 5.92 Å². The number of allylic oxidation sites excluding steroid dienone is 2. The van der Waals surface area contributed by atoms with E-state index in [0.717, 1.165) is 25.0 Å². The molecule has 0 aliphatic heterocycles. The molecule has 286 valence electrons. The lowest BCUT2D eigenvalue weighted by molar-refractivity contribution is -0.143. The Kier molecular flexibility index (Phi) is 36.1. The van der Waals surface area contributed by atoms with Crippen LogP contribution in [-0.4, -0.2) is 54.1 Å². The summed E-state index contributed by atoms with van der Waals surface area (Å²) in [5.74, 6) is 0.842. The van der Waals surface area contributed by atoms with Gasteiger partial charge in [-0.2, -0.15) is 0 Å². The van der Waals surface area contributed by atoms with Crippen molar-refractivity contribution >= 4 is 28.9 Å². The van der Waals surface area contributed by atoms with E-state index < -0.39 is 0 Å². The monoisotopic (exact) mass is 708 g/mol. The summed E-state index contributed by atoms with van der Waals surface area (Å²) < 4.78 is 10.8. The summed E-state index contributed by atoms with van der Waals surface area (Å²) in [6, 6.07) is 0. The minimum Gasteiger partial charge on any atom is -0.461 e. The van der Waals surface area contributed by atoms with Crippen LogP contribution in [0.2, 0.25) is 0 Å². The SMILES string of the molecule is CCCCCCCCCCC/C=C\COC(=O)CCCN(CCCC(=O)OC/C=C\CCCCCCCCCCC)C(=O)SCCC(C)C. The molecular weight excluding hydrogens is 631 g/mol. The van der Waals surface area contributed by atoms with Crippen LogP contribution in [0.25, 0.3) is 0 Å². The zero-order chi connectivity index (χ0) is 36.0. The van der Waals surface area contributed by atoms with Crippen LogP contribution in [0.5, 0.6) is 0 Å². The highest BCUT2D eigenvalue weighted by Crippen LogP contribution is 2.16. The van der Waals surface area contributed by atoms with Crippen molar-refractivity contribution in [3.8, 4) is 0 Å². The molecule has 0 unspecified atom stereocenters. The van der Waals surface area contributed by atoms with E-state index in [4.69, 9.17) is 9.47 Å². The van der Waals surface area contributed by atoms with Crippen molar-refractivity contribution in [2.45, 2.75) is 188 Å². The molecule has 1 amide bonds. The van der Waals surface area contributed by atoms with E-state index in [-0.39, 0.29) is 30.0 Å². The Bertz CT molecular complexity index is 774. The topological polar surface area (TPSA) is 72.9 Å². The van der Waals surface area contributed by atoms with Gasteiger partial charge in [-0.1, -0.05) is 166 Å². The van der Waals surface area contributed by atoms with Gasteiger partial charge in [0.05, 0.1) is 0 Å². The van der Waals surface area contributed by atoms with Crippen LogP contribution in [-0.2, 0) is 19.1 Å². The Labute approximate surface area is 307 Å². The molecule has 6 nitrogen and oxygen atoms in total. The van der Waals surface area contributed by atoms with Crippen molar-refractivity contribution < 1.29 is 23.9 Å². The second-order valence-corrected chi connectivity index (χ2v) is 15.1. The number of ether oxygens (including phenoxy) is 2. The third kappa shape index (κ3) is 35.9. The van der Waals surface area contributed by atoms with E-state index >= 15 is 0 Å². The fraction of sp³-hybridized carbons (Fsp3) is 0.833. The number of rotatable bonds is 35. The number of hydrogen-bond acceptors (Lipinski definition) is 6. The maximum atomic E-state index is 12.9. The molecule has 0 rings (SSSR count). The molecule has 0 aromatic heterocycles. The Morgan fingerprint density at radius 3 is 1.33 bits per heavy atom. The summed E-state index contributed by atoms with van der Waals surface area (Å²) in [6.07, 6.45) is 36.6. The molecule has 0 aromatic carbocycles. The number of nitrogens with zero attached hydrogens (tertiary/aromatic N) is 1. The quantitative estimate of drug-likeness (QED) is 0.0371. The maximum absolute atomic E-state index is 12.9. The number of esters is 2. The summed E-state index contributed by atoms with van der Waals surface area (Å²) in [5, 5.41) is 0.0150. The van der Waals surface area contributed by atoms with Gasteiger partial charge < -0.3 is 14.4 Å². The van der Waals surface area contributed by atoms with E-state index in [1.165, 1.54) is 127 Å². The zero-order valence-corrected chi connectivity index (χ0v) is 33.3. The van der Waals surface area contributed by atoms with E-state index in [0.29, 0.717) is 45.1 Å². The highest BCUT2D eigenvalue weighted by molar-refractivity contribution is 8.13. The van der Waals surface area contributed by atoms with E-state index in [1.54, 1.807) is 4.90 Å². The normalized spacial score (nSPS) is 11.6. The second kappa shape index (κ2) is 37.5. The fourth-order valence-corrected chi connectivity index (χ4v) is 6.67. The Morgan fingerprint density at radius 1 is 0.551 bits per heavy atom. The lowest BCUT2D eigenvalue weighted by atomic mass is 10.1.